The van der Waals surface area contributed by atoms with Crippen LogP contribution in [-0.4, -0.2) is 96.7 Å². The molecule has 282 valence electrons. The van der Waals surface area contributed by atoms with Crippen LogP contribution >= 0.6 is 0 Å². The molecule has 9 atom stereocenters. The first-order chi connectivity index (χ1) is 23.9. The number of nitrogens with one attached hydrogen (secondary N) is 2. The van der Waals surface area contributed by atoms with E-state index in [1.54, 1.807) is 19.1 Å². The predicted molar refractivity (Wildman–Crippen MR) is 200 cm³/mol. The topological polar surface area (TPSA) is 124 Å². The zero-order valence-corrected chi connectivity index (χ0v) is 32.4. The molecule has 4 fully saturated rings. The van der Waals surface area contributed by atoms with Crippen molar-refractivity contribution in [2.45, 2.75) is 105 Å². The molecule has 0 radical (unpaired) electrons. The van der Waals surface area contributed by atoms with Crippen LogP contribution in [0.2, 0.25) is 0 Å². The van der Waals surface area contributed by atoms with E-state index in [-0.39, 0.29) is 42.5 Å². The molecule has 1 heterocycles. The molecule has 0 unspecified atom stereocenters. The van der Waals surface area contributed by atoms with Crippen LogP contribution in [0.5, 0.6) is 5.75 Å². The maximum atomic E-state index is 14.2. The molecule has 3 aliphatic carbocycles. The summed E-state index contributed by atoms with van der Waals surface area (Å²) in [5, 5.41) is 29.4. The van der Waals surface area contributed by atoms with Gasteiger partial charge >= 0.3 is 0 Å². The standard InChI is InChI=1S/C41H62N4O6/c1-24-32-18-29(41(32,6)7)19-33(24)43-39(49)36-35(25(2)47)34(23-46)51-45(36)21-28-15-12-16-31(37(28)50-10)26-13-11-14-27(17-26)38(48)42-30(22-44(8)9)20-40(3,4)5/h11-17,24-25,29-30,32-36,46-47H,18-23H2,1-10H3,(H,42,48)(H,43,49)/t24-,25-,29+,30-,32-,33-,34-,35-,36-/m0/s1. The molecule has 4 aliphatic rings. The van der Waals surface area contributed by atoms with Gasteiger partial charge in [-0.2, -0.15) is 5.06 Å². The quantitative estimate of drug-likeness (QED) is 0.227. The molecule has 3 saturated carbocycles. The minimum Gasteiger partial charge on any atom is -0.496 e. The molecule has 0 aromatic heterocycles. The Morgan fingerprint density at radius 2 is 1.84 bits per heavy atom. The molecule has 0 spiro atoms. The normalized spacial score (nSPS) is 28.5. The smallest absolute Gasteiger partial charge is 0.251 e. The van der Waals surface area contributed by atoms with Gasteiger partial charge in [0.25, 0.3) is 5.91 Å². The van der Waals surface area contributed by atoms with Gasteiger partial charge in [0.05, 0.1) is 26.4 Å². The SMILES string of the molecule is COc1c(CN2O[C@@H](CO)[C@H]([C@H](C)O)[C@H]2C(=O)N[C@H]2C[C@H]3C[C@@H]([C@@H]2C)C3(C)C)cccc1-c1cccc(C(=O)N[C@H](CN(C)C)CC(C)(C)C)c1. The van der Waals surface area contributed by atoms with Gasteiger partial charge in [-0.25, -0.2) is 0 Å². The number of nitrogens with zero attached hydrogens (tertiary/aromatic N) is 2. The number of hydroxylamine groups is 2. The van der Waals surface area contributed by atoms with Crippen molar-refractivity contribution in [3.63, 3.8) is 0 Å². The first-order valence-electron chi connectivity index (χ1n) is 18.7. The number of benzene rings is 2. The summed E-state index contributed by atoms with van der Waals surface area (Å²) in [7, 11) is 5.63. The second-order valence-electron chi connectivity index (χ2n) is 17.5. The van der Waals surface area contributed by atoms with E-state index in [1.165, 1.54) is 6.42 Å². The molecule has 10 nitrogen and oxygen atoms in total. The van der Waals surface area contributed by atoms with Gasteiger partial charge < -0.3 is 30.5 Å². The molecule has 51 heavy (non-hydrogen) atoms. The highest BCUT2D eigenvalue weighted by atomic mass is 16.7. The summed E-state index contributed by atoms with van der Waals surface area (Å²) >= 11 is 0. The van der Waals surface area contributed by atoms with Crippen molar-refractivity contribution in [3.8, 4) is 16.9 Å². The van der Waals surface area contributed by atoms with E-state index in [4.69, 9.17) is 9.57 Å². The molecule has 2 amide bonds. The minimum atomic E-state index is -0.887. The summed E-state index contributed by atoms with van der Waals surface area (Å²) in [6, 6.07) is 12.6. The minimum absolute atomic E-state index is 0.00769. The van der Waals surface area contributed by atoms with Crippen LogP contribution in [0.3, 0.4) is 0 Å². The molecule has 1 aliphatic heterocycles. The van der Waals surface area contributed by atoms with Crippen molar-refractivity contribution < 1.29 is 29.4 Å². The van der Waals surface area contributed by atoms with E-state index >= 15 is 0 Å². The molecule has 6 rings (SSSR count). The zero-order valence-electron chi connectivity index (χ0n) is 32.4. The third kappa shape index (κ3) is 8.46. The monoisotopic (exact) mass is 706 g/mol. The van der Waals surface area contributed by atoms with Crippen LogP contribution in [0, 0.1) is 34.5 Å². The Morgan fingerprint density at radius 3 is 2.43 bits per heavy atom. The van der Waals surface area contributed by atoms with Crippen LogP contribution in [0.1, 0.15) is 83.7 Å². The maximum absolute atomic E-state index is 14.2. The Labute approximate surface area is 305 Å². The second-order valence-corrected chi connectivity index (χ2v) is 17.5. The molecule has 10 heteroatoms. The van der Waals surface area contributed by atoms with E-state index in [2.05, 4.69) is 57.1 Å². The van der Waals surface area contributed by atoms with Crippen LogP contribution in [0.25, 0.3) is 11.1 Å². The van der Waals surface area contributed by atoms with Crippen LogP contribution in [0.4, 0.5) is 0 Å². The first-order valence-corrected chi connectivity index (χ1v) is 18.7. The molecule has 2 bridgehead atoms. The van der Waals surface area contributed by atoms with Crippen molar-refractivity contribution in [1.29, 1.82) is 0 Å². The lowest BCUT2D eigenvalue weighted by molar-refractivity contribution is -0.183. The van der Waals surface area contributed by atoms with E-state index in [1.807, 2.05) is 56.6 Å². The number of carbonyl (C=O) groups excluding carboxylic acids is 2. The third-order valence-corrected chi connectivity index (χ3v) is 11.9. The van der Waals surface area contributed by atoms with Gasteiger partial charge in [-0.05, 0) is 86.6 Å². The van der Waals surface area contributed by atoms with E-state index in [9.17, 15) is 19.8 Å². The number of likely N-dealkylation sites (N-methyl/N-ethyl adjacent to an activating group) is 1. The zero-order chi connectivity index (χ0) is 37.4. The summed E-state index contributed by atoms with van der Waals surface area (Å²) in [5.74, 6) is 1.14. The number of fused-ring (bicyclic) bond motifs is 2. The Morgan fingerprint density at radius 1 is 1.14 bits per heavy atom. The molecule has 4 N–H and O–H groups in total. The lowest BCUT2D eigenvalue weighted by Crippen LogP contribution is -2.62. The Balaban J connectivity index is 1.39. The van der Waals surface area contributed by atoms with Gasteiger partial charge in [0.1, 0.15) is 17.9 Å². The highest BCUT2D eigenvalue weighted by Gasteiger charge is 2.57. The lowest BCUT2D eigenvalue weighted by Gasteiger charge is -2.62. The highest BCUT2D eigenvalue weighted by molar-refractivity contribution is 5.96. The number of rotatable bonds is 13. The van der Waals surface area contributed by atoms with Crippen LogP contribution < -0.4 is 15.4 Å². The predicted octanol–water partition coefficient (Wildman–Crippen LogP) is 5.12. The average Bonchev–Trinajstić information content (AvgIpc) is 3.42. The number of para-hydroxylation sites is 1. The summed E-state index contributed by atoms with van der Waals surface area (Å²) < 4.78 is 6.01. The average molecular weight is 707 g/mol. The number of aliphatic hydroxyl groups excluding tert-OH is 2. The van der Waals surface area contributed by atoms with Gasteiger partial charge in [-0.3, -0.25) is 14.4 Å². The molecule has 1 saturated heterocycles. The van der Waals surface area contributed by atoms with Gasteiger partial charge in [0.2, 0.25) is 5.91 Å². The van der Waals surface area contributed by atoms with Crippen molar-refractivity contribution in [3.05, 3.63) is 53.6 Å². The van der Waals surface area contributed by atoms with Crippen LogP contribution in [-0.2, 0) is 16.2 Å². The fourth-order valence-electron chi connectivity index (χ4n) is 9.27. The van der Waals surface area contributed by atoms with Crippen molar-refractivity contribution in [2.24, 2.45) is 34.5 Å². The summed E-state index contributed by atoms with van der Waals surface area (Å²) in [4.78, 5) is 36.1. The van der Waals surface area contributed by atoms with Crippen molar-refractivity contribution >= 4 is 11.8 Å². The molecular formula is C41H62N4O6. The molecule has 2 aromatic rings. The molecular weight excluding hydrogens is 644 g/mol. The number of ether oxygens (including phenoxy) is 1. The van der Waals surface area contributed by atoms with E-state index < -0.39 is 24.2 Å². The highest BCUT2D eigenvalue weighted by Crippen LogP contribution is 2.61. The van der Waals surface area contributed by atoms with Crippen molar-refractivity contribution in [1.82, 2.24) is 20.6 Å². The largest absolute Gasteiger partial charge is 0.496 e. The van der Waals surface area contributed by atoms with E-state index in [0.29, 0.717) is 34.5 Å². The van der Waals surface area contributed by atoms with Gasteiger partial charge in [0, 0.05) is 41.2 Å². The lowest BCUT2D eigenvalue weighted by atomic mass is 9.45. The summed E-state index contributed by atoms with van der Waals surface area (Å²) in [6.07, 6.45) is 1.36. The third-order valence-electron chi connectivity index (χ3n) is 11.9. The molecule has 2 aromatic carbocycles. The number of hydrogen-bond acceptors (Lipinski definition) is 8. The second kappa shape index (κ2) is 15.5. The summed E-state index contributed by atoms with van der Waals surface area (Å²) in [6.45, 7) is 15.7. The Hall–Kier alpha value is -3.02. The van der Waals surface area contributed by atoms with Gasteiger partial charge in [-0.1, -0.05) is 71.9 Å². The number of methoxy groups -OCH3 is 1. The number of aliphatic hydroxyl groups is 2. The number of hydrogen-bond donors (Lipinski definition) is 4. The first kappa shape index (κ1) is 39.2. The van der Waals surface area contributed by atoms with Crippen LogP contribution in [0.15, 0.2) is 42.5 Å². The van der Waals surface area contributed by atoms with E-state index in [0.717, 1.165) is 36.1 Å². The Kier molecular flexibility index (Phi) is 11.9. The van der Waals surface area contributed by atoms with Gasteiger partial charge in [-0.15, -0.1) is 0 Å². The Bertz CT molecular complexity index is 1540. The van der Waals surface area contributed by atoms with Crippen molar-refractivity contribution in [2.75, 3.05) is 34.4 Å². The van der Waals surface area contributed by atoms with Gasteiger partial charge in [0.15, 0.2) is 0 Å². The fraction of sp³-hybridized carbons (Fsp3) is 0.659. The fourth-order valence-corrected chi connectivity index (χ4v) is 9.27. The summed E-state index contributed by atoms with van der Waals surface area (Å²) in [5.41, 5.74) is 3.30. The number of carbonyl (C=O) groups is 2. The number of amides is 2. The maximum Gasteiger partial charge on any atom is 0.251 e.